The van der Waals surface area contributed by atoms with Crippen LogP contribution >= 0.6 is 23.4 Å². The van der Waals surface area contributed by atoms with Crippen LogP contribution in [-0.4, -0.2) is 39.7 Å². The summed E-state index contributed by atoms with van der Waals surface area (Å²) in [6.07, 6.45) is 0. The van der Waals surface area contributed by atoms with E-state index in [4.69, 9.17) is 11.6 Å². The molecule has 1 aromatic heterocycles. The van der Waals surface area contributed by atoms with Crippen molar-refractivity contribution in [3.63, 3.8) is 0 Å². The summed E-state index contributed by atoms with van der Waals surface area (Å²) < 4.78 is 1.65. The SMILES string of the molecule is CC(C)Cn1c(SC(C)C(=O)N(C)C)nc2ccc(Cl)cc2c1=O. The number of carbonyl (C=O) groups excluding carboxylic acids is 1. The first-order valence-electron chi connectivity index (χ1n) is 7.78. The van der Waals surface area contributed by atoms with Crippen LogP contribution in [-0.2, 0) is 11.3 Å². The molecule has 1 atom stereocenters. The van der Waals surface area contributed by atoms with Crippen molar-refractivity contribution in [3.05, 3.63) is 33.6 Å². The van der Waals surface area contributed by atoms with E-state index in [1.165, 1.54) is 11.8 Å². The van der Waals surface area contributed by atoms with Gasteiger partial charge in [0.15, 0.2) is 5.16 Å². The van der Waals surface area contributed by atoms with Crippen molar-refractivity contribution >= 4 is 40.2 Å². The normalized spacial score (nSPS) is 12.6. The van der Waals surface area contributed by atoms with Gasteiger partial charge in [-0.05, 0) is 31.0 Å². The smallest absolute Gasteiger partial charge is 0.262 e. The summed E-state index contributed by atoms with van der Waals surface area (Å²) in [6, 6.07) is 5.10. The molecule has 0 fully saturated rings. The van der Waals surface area contributed by atoms with Gasteiger partial charge < -0.3 is 4.90 Å². The van der Waals surface area contributed by atoms with Gasteiger partial charge in [0, 0.05) is 25.7 Å². The molecule has 2 rings (SSSR count). The Labute approximate surface area is 151 Å². The van der Waals surface area contributed by atoms with Gasteiger partial charge in [0.2, 0.25) is 5.91 Å². The summed E-state index contributed by atoms with van der Waals surface area (Å²) in [5, 5.41) is 1.24. The Morgan fingerprint density at radius 1 is 1.33 bits per heavy atom. The first-order chi connectivity index (χ1) is 11.2. The van der Waals surface area contributed by atoms with Gasteiger partial charge in [-0.2, -0.15) is 0 Å². The van der Waals surface area contributed by atoms with Crippen LogP contribution in [0.15, 0.2) is 28.2 Å². The Hall–Kier alpha value is -1.53. The number of thioether (sulfide) groups is 1. The lowest BCUT2D eigenvalue weighted by atomic mass is 10.2. The highest BCUT2D eigenvalue weighted by Gasteiger charge is 2.21. The Morgan fingerprint density at radius 2 is 2.00 bits per heavy atom. The third kappa shape index (κ3) is 4.11. The monoisotopic (exact) mass is 367 g/mol. The second-order valence-electron chi connectivity index (χ2n) is 6.36. The maximum Gasteiger partial charge on any atom is 0.262 e. The molecule has 0 aliphatic carbocycles. The Balaban J connectivity index is 2.56. The van der Waals surface area contributed by atoms with E-state index in [0.29, 0.717) is 27.6 Å². The fourth-order valence-corrected chi connectivity index (χ4v) is 3.60. The molecule has 130 valence electrons. The fraction of sp³-hybridized carbons (Fsp3) is 0.471. The standard InChI is InChI=1S/C17H22ClN3O2S/c1-10(2)9-21-16(23)13-8-12(18)6-7-14(13)19-17(21)24-11(3)15(22)20(4)5/h6-8,10-11H,9H2,1-5H3. The molecule has 0 radical (unpaired) electrons. The number of hydrogen-bond donors (Lipinski definition) is 0. The third-order valence-corrected chi connectivity index (χ3v) is 4.81. The van der Waals surface area contributed by atoms with Crippen LogP contribution in [0.4, 0.5) is 0 Å². The van der Waals surface area contributed by atoms with Gasteiger partial charge in [0.05, 0.1) is 16.2 Å². The minimum absolute atomic E-state index is 0.0125. The van der Waals surface area contributed by atoms with E-state index in [9.17, 15) is 9.59 Å². The summed E-state index contributed by atoms with van der Waals surface area (Å²) in [5.41, 5.74) is 0.472. The number of amides is 1. The molecule has 0 saturated carbocycles. The van der Waals surface area contributed by atoms with E-state index in [0.717, 1.165) is 0 Å². The van der Waals surface area contributed by atoms with E-state index < -0.39 is 0 Å². The van der Waals surface area contributed by atoms with Crippen LogP contribution in [0.2, 0.25) is 5.02 Å². The minimum atomic E-state index is -0.324. The fourth-order valence-electron chi connectivity index (χ4n) is 2.36. The Bertz CT molecular complexity index is 817. The second-order valence-corrected chi connectivity index (χ2v) is 8.10. The molecule has 1 amide bonds. The molecular formula is C17H22ClN3O2S. The molecule has 1 aromatic carbocycles. The molecular weight excluding hydrogens is 346 g/mol. The molecule has 24 heavy (non-hydrogen) atoms. The lowest BCUT2D eigenvalue weighted by molar-refractivity contribution is -0.127. The van der Waals surface area contributed by atoms with Gasteiger partial charge in [-0.3, -0.25) is 14.2 Å². The first-order valence-corrected chi connectivity index (χ1v) is 9.04. The highest BCUT2D eigenvalue weighted by Crippen LogP contribution is 2.25. The summed E-state index contributed by atoms with van der Waals surface area (Å²) in [6.45, 7) is 6.44. The van der Waals surface area contributed by atoms with Crippen molar-refractivity contribution in [2.75, 3.05) is 14.1 Å². The molecule has 7 heteroatoms. The highest BCUT2D eigenvalue weighted by atomic mass is 35.5. The lowest BCUT2D eigenvalue weighted by Gasteiger charge is -2.19. The van der Waals surface area contributed by atoms with Gasteiger partial charge in [-0.25, -0.2) is 4.98 Å². The van der Waals surface area contributed by atoms with Crippen molar-refractivity contribution in [2.45, 2.75) is 37.7 Å². The number of fused-ring (bicyclic) bond motifs is 1. The maximum absolute atomic E-state index is 12.9. The third-order valence-electron chi connectivity index (χ3n) is 3.50. The first kappa shape index (κ1) is 18.8. The van der Waals surface area contributed by atoms with Crippen LogP contribution in [0.5, 0.6) is 0 Å². The summed E-state index contributed by atoms with van der Waals surface area (Å²) in [5.74, 6) is 0.266. The average Bonchev–Trinajstić information content (AvgIpc) is 2.50. The molecule has 2 aromatic rings. The van der Waals surface area contributed by atoms with Crippen molar-refractivity contribution in [1.29, 1.82) is 0 Å². The molecule has 1 unspecified atom stereocenters. The zero-order valence-corrected chi connectivity index (χ0v) is 16.1. The number of hydrogen-bond acceptors (Lipinski definition) is 4. The summed E-state index contributed by atoms with van der Waals surface area (Å²) >= 11 is 7.33. The predicted octanol–water partition coefficient (Wildman–Crippen LogP) is 3.27. The number of halogens is 1. The Morgan fingerprint density at radius 3 is 2.58 bits per heavy atom. The molecule has 0 aliphatic heterocycles. The van der Waals surface area contributed by atoms with Crippen LogP contribution in [0, 0.1) is 5.92 Å². The van der Waals surface area contributed by atoms with Crippen LogP contribution in [0.25, 0.3) is 10.9 Å². The second kappa shape index (κ2) is 7.57. The van der Waals surface area contributed by atoms with Crippen molar-refractivity contribution in [2.24, 2.45) is 5.92 Å². The minimum Gasteiger partial charge on any atom is -0.348 e. The number of carbonyl (C=O) groups is 1. The van der Waals surface area contributed by atoms with E-state index in [1.807, 2.05) is 20.8 Å². The molecule has 1 heterocycles. The quantitative estimate of drug-likeness (QED) is 0.601. The zero-order chi connectivity index (χ0) is 18.0. The number of rotatable bonds is 5. The molecule has 0 N–H and O–H groups in total. The van der Waals surface area contributed by atoms with E-state index in [1.54, 1.807) is 41.8 Å². The summed E-state index contributed by atoms with van der Waals surface area (Å²) in [4.78, 5) is 31.2. The molecule has 0 aliphatic rings. The predicted molar refractivity (Wildman–Crippen MR) is 99.9 cm³/mol. The van der Waals surface area contributed by atoms with Crippen molar-refractivity contribution in [3.8, 4) is 0 Å². The number of nitrogens with zero attached hydrogens (tertiary/aromatic N) is 3. The van der Waals surface area contributed by atoms with Crippen LogP contribution in [0.1, 0.15) is 20.8 Å². The largest absolute Gasteiger partial charge is 0.348 e. The van der Waals surface area contributed by atoms with Crippen LogP contribution < -0.4 is 5.56 Å². The topological polar surface area (TPSA) is 55.2 Å². The zero-order valence-electron chi connectivity index (χ0n) is 14.5. The van der Waals surface area contributed by atoms with Gasteiger partial charge in [0.25, 0.3) is 5.56 Å². The molecule has 0 spiro atoms. The van der Waals surface area contributed by atoms with Crippen molar-refractivity contribution in [1.82, 2.24) is 14.5 Å². The Kier molecular flexibility index (Phi) is 5.93. The van der Waals surface area contributed by atoms with E-state index in [2.05, 4.69) is 4.98 Å². The number of aromatic nitrogens is 2. The van der Waals surface area contributed by atoms with Gasteiger partial charge >= 0.3 is 0 Å². The van der Waals surface area contributed by atoms with Gasteiger partial charge in [-0.15, -0.1) is 0 Å². The maximum atomic E-state index is 12.9. The number of benzene rings is 1. The molecule has 0 bridgehead atoms. The van der Waals surface area contributed by atoms with E-state index >= 15 is 0 Å². The van der Waals surface area contributed by atoms with Gasteiger partial charge in [-0.1, -0.05) is 37.2 Å². The molecule has 5 nitrogen and oxygen atoms in total. The summed E-state index contributed by atoms with van der Waals surface area (Å²) in [7, 11) is 3.44. The van der Waals surface area contributed by atoms with Crippen molar-refractivity contribution < 1.29 is 4.79 Å². The highest BCUT2D eigenvalue weighted by molar-refractivity contribution is 8.00. The van der Waals surface area contributed by atoms with E-state index in [-0.39, 0.29) is 22.6 Å². The average molecular weight is 368 g/mol. The van der Waals surface area contributed by atoms with Crippen LogP contribution in [0.3, 0.4) is 0 Å². The lowest BCUT2D eigenvalue weighted by Crippen LogP contribution is -2.31. The van der Waals surface area contributed by atoms with Gasteiger partial charge in [0.1, 0.15) is 0 Å². The molecule has 0 saturated heterocycles.